The van der Waals surface area contributed by atoms with E-state index in [4.69, 9.17) is 16.6 Å². The summed E-state index contributed by atoms with van der Waals surface area (Å²) in [4.78, 5) is 23.7. The molecule has 1 amide bonds. The standard InChI is InChI=1S/C24H19ClN4O/c1-15-2-3-17-13-18-10-11-29(23(18)27-21(17)12-15)20-7-4-16(5-8-20)24(30)28-22-9-6-19(25)14-26-22/h2-9,12-14H,10-11H2,1H3,(H,26,28,30). The lowest BCUT2D eigenvalue weighted by molar-refractivity contribution is 0.102. The van der Waals surface area contributed by atoms with Gasteiger partial charge in [-0.3, -0.25) is 4.79 Å². The lowest BCUT2D eigenvalue weighted by Gasteiger charge is -2.19. The molecule has 2 aromatic heterocycles. The molecule has 1 aliphatic heterocycles. The molecule has 0 atom stereocenters. The number of nitrogens with one attached hydrogen (secondary N) is 1. The lowest BCUT2D eigenvalue weighted by atomic mass is 10.1. The van der Waals surface area contributed by atoms with Crippen LogP contribution in [0.4, 0.5) is 17.3 Å². The van der Waals surface area contributed by atoms with E-state index >= 15 is 0 Å². The topological polar surface area (TPSA) is 58.1 Å². The van der Waals surface area contributed by atoms with E-state index in [0.717, 1.165) is 30.0 Å². The monoisotopic (exact) mass is 414 g/mol. The Labute approximate surface area is 179 Å². The van der Waals surface area contributed by atoms with Crippen LogP contribution in [0.1, 0.15) is 21.5 Å². The van der Waals surface area contributed by atoms with E-state index in [1.54, 1.807) is 12.1 Å². The average molecular weight is 415 g/mol. The second kappa shape index (κ2) is 7.43. The van der Waals surface area contributed by atoms with Crippen LogP contribution in [-0.4, -0.2) is 22.4 Å². The molecule has 5 nitrogen and oxygen atoms in total. The first-order valence-electron chi connectivity index (χ1n) is 9.78. The van der Waals surface area contributed by atoms with Crippen LogP contribution in [0.15, 0.2) is 66.9 Å². The molecule has 0 saturated carbocycles. The zero-order chi connectivity index (χ0) is 20.7. The second-order valence-corrected chi connectivity index (χ2v) is 7.87. The van der Waals surface area contributed by atoms with Gasteiger partial charge in [0.15, 0.2) is 0 Å². The minimum Gasteiger partial charge on any atom is -0.326 e. The van der Waals surface area contributed by atoms with Gasteiger partial charge in [0.2, 0.25) is 0 Å². The third-order valence-electron chi connectivity index (χ3n) is 5.30. The van der Waals surface area contributed by atoms with E-state index in [2.05, 4.69) is 46.4 Å². The van der Waals surface area contributed by atoms with Gasteiger partial charge in [0, 0.05) is 29.4 Å². The second-order valence-electron chi connectivity index (χ2n) is 7.43. The Balaban J connectivity index is 1.39. The van der Waals surface area contributed by atoms with Gasteiger partial charge in [-0.1, -0.05) is 23.7 Å². The fourth-order valence-electron chi connectivity index (χ4n) is 3.75. The summed E-state index contributed by atoms with van der Waals surface area (Å²) in [6, 6.07) is 19.5. The van der Waals surface area contributed by atoms with E-state index in [0.29, 0.717) is 16.4 Å². The first kappa shape index (κ1) is 18.6. The molecule has 2 aromatic carbocycles. The van der Waals surface area contributed by atoms with Crippen molar-refractivity contribution in [3.8, 4) is 0 Å². The molecule has 6 heteroatoms. The van der Waals surface area contributed by atoms with E-state index in [1.165, 1.54) is 22.7 Å². The smallest absolute Gasteiger partial charge is 0.256 e. The summed E-state index contributed by atoms with van der Waals surface area (Å²) in [5.74, 6) is 1.25. The summed E-state index contributed by atoms with van der Waals surface area (Å²) in [5.41, 5.74) is 5.05. The lowest BCUT2D eigenvalue weighted by Crippen LogP contribution is -2.16. The van der Waals surface area contributed by atoms with E-state index in [9.17, 15) is 4.79 Å². The summed E-state index contributed by atoms with van der Waals surface area (Å²) in [6.45, 7) is 2.95. The molecule has 0 fully saturated rings. The predicted molar refractivity (Wildman–Crippen MR) is 121 cm³/mol. The maximum absolute atomic E-state index is 12.5. The van der Waals surface area contributed by atoms with Crippen molar-refractivity contribution in [2.75, 3.05) is 16.8 Å². The maximum atomic E-state index is 12.5. The van der Waals surface area contributed by atoms with Crippen LogP contribution in [-0.2, 0) is 6.42 Å². The highest BCUT2D eigenvalue weighted by atomic mass is 35.5. The van der Waals surface area contributed by atoms with Gasteiger partial charge < -0.3 is 10.2 Å². The minimum atomic E-state index is -0.210. The highest BCUT2D eigenvalue weighted by Crippen LogP contribution is 2.35. The Morgan fingerprint density at radius 1 is 1.07 bits per heavy atom. The summed E-state index contributed by atoms with van der Waals surface area (Å²) in [7, 11) is 0. The highest BCUT2D eigenvalue weighted by molar-refractivity contribution is 6.30. The third kappa shape index (κ3) is 3.48. The molecule has 0 radical (unpaired) electrons. The SMILES string of the molecule is Cc1ccc2cc3c(nc2c1)N(c1ccc(C(=O)Nc2ccc(Cl)cn2)cc1)CC3. The van der Waals surface area contributed by atoms with Crippen molar-refractivity contribution >= 4 is 45.7 Å². The van der Waals surface area contributed by atoms with Gasteiger partial charge in [0.05, 0.1) is 10.5 Å². The number of rotatable bonds is 3. The Kier molecular flexibility index (Phi) is 4.60. The van der Waals surface area contributed by atoms with Gasteiger partial charge in [0.1, 0.15) is 11.6 Å². The normalized spacial score (nSPS) is 12.8. The fraction of sp³-hybridized carbons (Fsp3) is 0.125. The number of fused-ring (bicyclic) bond motifs is 2. The summed E-state index contributed by atoms with van der Waals surface area (Å²) < 4.78 is 0. The van der Waals surface area contributed by atoms with Gasteiger partial charge >= 0.3 is 0 Å². The molecule has 0 saturated heterocycles. The van der Waals surface area contributed by atoms with Gasteiger partial charge in [-0.15, -0.1) is 0 Å². The van der Waals surface area contributed by atoms with Crippen molar-refractivity contribution in [1.82, 2.24) is 9.97 Å². The first-order valence-corrected chi connectivity index (χ1v) is 10.2. The Morgan fingerprint density at radius 3 is 2.67 bits per heavy atom. The third-order valence-corrected chi connectivity index (χ3v) is 5.52. The largest absolute Gasteiger partial charge is 0.326 e. The number of hydrogen-bond acceptors (Lipinski definition) is 4. The molecular formula is C24H19ClN4O. The molecule has 3 heterocycles. The number of amides is 1. The molecule has 1 aliphatic rings. The van der Waals surface area contributed by atoms with E-state index in [-0.39, 0.29) is 5.91 Å². The van der Waals surface area contributed by atoms with Crippen molar-refractivity contribution < 1.29 is 4.79 Å². The van der Waals surface area contributed by atoms with Crippen LogP contribution in [0.25, 0.3) is 10.9 Å². The Hall–Kier alpha value is -3.44. The van der Waals surface area contributed by atoms with Crippen LogP contribution in [0, 0.1) is 6.92 Å². The number of hydrogen-bond donors (Lipinski definition) is 1. The molecule has 0 unspecified atom stereocenters. The van der Waals surface area contributed by atoms with Gasteiger partial charge in [-0.2, -0.15) is 0 Å². The number of carbonyl (C=O) groups excluding carboxylic acids is 1. The highest BCUT2D eigenvalue weighted by Gasteiger charge is 2.23. The molecule has 0 spiro atoms. The molecule has 0 aliphatic carbocycles. The number of aryl methyl sites for hydroxylation is 1. The summed E-state index contributed by atoms with van der Waals surface area (Å²) in [6.07, 6.45) is 2.46. The zero-order valence-corrected chi connectivity index (χ0v) is 17.1. The van der Waals surface area contributed by atoms with E-state index in [1.807, 2.05) is 24.3 Å². The van der Waals surface area contributed by atoms with Crippen LogP contribution in [0.3, 0.4) is 0 Å². The van der Waals surface area contributed by atoms with Crippen molar-refractivity contribution in [1.29, 1.82) is 0 Å². The molecule has 148 valence electrons. The van der Waals surface area contributed by atoms with Crippen LogP contribution >= 0.6 is 11.6 Å². The number of halogens is 1. The van der Waals surface area contributed by atoms with Crippen LogP contribution < -0.4 is 10.2 Å². The first-order chi connectivity index (χ1) is 14.6. The van der Waals surface area contributed by atoms with Gasteiger partial charge in [0.25, 0.3) is 5.91 Å². The fourth-order valence-corrected chi connectivity index (χ4v) is 3.86. The average Bonchev–Trinajstić information content (AvgIpc) is 3.16. The number of anilines is 3. The van der Waals surface area contributed by atoms with Crippen molar-refractivity contribution in [2.24, 2.45) is 0 Å². The van der Waals surface area contributed by atoms with Crippen LogP contribution in [0.5, 0.6) is 0 Å². The summed E-state index contributed by atoms with van der Waals surface area (Å²) in [5, 5.41) is 4.48. The van der Waals surface area contributed by atoms with Crippen molar-refractivity contribution in [3.05, 3.63) is 88.6 Å². The molecular weight excluding hydrogens is 396 g/mol. The molecule has 30 heavy (non-hydrogen) atoms. The number of benzene rings is 2. The van der Waals surface area contributed by atoms with Crippen molar-refractivity contribution in [3.63, 3.8) is 0 Å². The molecule has 5 rings (SSSR count). The number of aromatic nitrogens is 2. The number of pyridine rings is 2. The maximum Gasteiger partial charge on any atom is 0.256 e. The molecule has 1 N–H and O–H groups in total. The number of nitrogens with zero attached hydrogens (tertiary/aromatic N) is 3. The summed E-state index contributed by atoms with van der Waals surface area (Å²) >= 11 is 5.84. The van der Waals surface area contributed by atoms with E-state index < -0.39 is 0 Å². The van der Waals surface area contributed by atoms with Crippen molar-refractivity contribution in [2.45, 2.75) is 13.3 Å². The molecule has 4 aromatic rings. The Bertz CT molecular complexity index is 1250. The minimum absolute atomic E-state index is 0.210. The van der Waals surface area contributed by atoms with Gasteiger partial charge in [-0.05, 0) is 73.0 Å². The Morgan fingerprint density at radius 2 is 1.90 bits per heavy atom. The quantitative estimate of drug-likeness (QED) is 0.478. The van der Waals surface area contributed by atoms with Crippen LogP contribution in [0.2, 0.25) is 5.02 Å². The number of carbonyl (C=O) groups is 1. The molecule has 0 bridgehead atoms. The predicted octanol–water partition coefficient (Wildman–Crippen LogP) is 5.54. The zero-order valence-electron chi connectivity index (χ0n) is 16.4. The van der Waals surface area contributed by atoms with Gasteiger partial charge in [-0.25, -0.2) is 9.97 Å².